The van der Waals surface area contributed by atoms with Gasteiger partial charge >= 0.3 is 0 Å². The molecular weight excluding hydrogens is 224 g/mol. The largest absolute Gasteiger partial charge is 0.303 e. The molecule has 0 fully saturated rings. The van der Waals surface area contributed by atoms with E-state index in [1.165, 1.54) is 6.04 Å². The number of aldehydes is 1. The summed E-state index contributed by atoms with van der Waals surface area (Å²) in [6.45, 7) is 14.4. The van der Waals surface area contributed by atoms with Crippen molar-refractivity contribution in [3.63, 3.8) is 0 Å². The van der Waals surface area contributed by atoms with Crippen LogP contribution in [0.4, 0.5) is 0 Å². The summed E-state index contributed by atoms with van der Waals surface area (Å²) in [5.41, 5.74) is 2.45. The molecule has 0 aliphatic heterocycles. The van der Waals surface area contributed by atoms with Gasteiger partial charge in [0.05, 0.1) is 8.07 Å². The summed E-state index contributed by atoms with van der Waals surface area (Å²) in [5.74, 6) is 0. The first-order chi connectivity index (χ1) is 7.89. The zero-order valence-electron chi connectivity index (χ0n) is 12.5. The van der Waals surface area contributed by atoms with E-state index < -0.39 is 8.07 Å². The van der Waals surface area contributed by atoms with Crippen LogP contribution in [0, 0.1) is 0 Å². The van der Waals surface area contributed by atoms with Crippen molar-refractivity contribution < 1.29 is 4.79 Å². The van der Waals surface area contributed by atoms with Crippen molar-refractivity contribution in [3.05, 3.63) is 12.2 Å². The van der Waals surface area contributed by atoms with Crippen LogP contribution < -0.4 is 0 Å². The first kappa shape index (κ1) is 16.6. The molecule has 0 spiro atoms. The highest BCUT2D eigenvalue weighted by Gasteiger charge is 2.41. The highest BCUT2D eigenvalue weighted by molar-refractivity contribution is 6.83. The number of rotatable bonds is 8. The topological polar surface area (TPSA) is 17.1 Å². The molecule has 0 aliphatic carbocycles. The predicted octanol–water partition coefficient (Wildman–Crippen LogP) is 5.20. The van der Waals surface area contributed by atoms with E-state index in [0.717, 1.165) is 29.3 Å². The zero-order valence-corrected chi connectivity index (χ0v) is 13.5. The second kappa shape index (κ2) is 7.86. The van der Waals surface area contributed by atoms with E-state index in [1.807, 2.05) is 0 Å². The van der Waals surface area contributed by atoms with Gasteiger partial charge < -0.3 is 4.79 Å². The first-order valence-electron chi connectivity index (χ1n) is 6.98. The SMILES string of the molecule is CC(C)[Si](C/C=C/CCC=O)(C(C)C)C(C)C. The van der Waals surface area contributed by atoms with Crippen LogP contribution in [0.25, 0.3) is 0 Å². The molecule has 1 nitrogen and oxygen atoms in total. The van der Waals surface area contributed by atoms with Crippen molar-refractivity contribution >= 4 is 14.4 Å². The van der Waals surface area contributed by atoms with E-state index in [2.05, 4.69) is 53.7 Å². The van der Waals surface area contributed by atoms with E-state index in [4.69, 9.17) is 0 Å². The molecule has 0 bridgehead atoms. The third-order valence-corrected chi connectivity index (χ3v) is 11.7. The minimum atomic E-state index is -1.26. The Hall–Kier alpha value is -0.373. The average molecular weight is 254 g/mol. The minimum Gasteiger partial charge on any atom is -0.303 e. The smallest absolute Gasteiger partial charge is 0.120 e. The summed E-state index contributed by atoms with van der Waals surface area (Å²) < 4.78 is 0. The Labute approximate surface area is 109 Å². The molecule has 0 aromatic heterocycles. The maximum atomic E-state index is 10.3. The van der Waals surface area contributed by atoms with Gasteiger partial charge in [0, 0.05) is 6.42 Å². The Bertz CT molecular complexity index is 220. The molecular formula is C15H30OSi. The molecule has 0 saturated carbocycles. The summed E-state index contributed by atoms with van der Waals surface area (Å²) in [4.78, 5) is 10.3. The molecule has 0 heterocycles. The molecule has 0 rings (SSSR count). The van der Waals surface area contributed by atoms with Crippen molar-refractivity contribution in [3.8, 4) is 0 Å². The van der Waals surface area contributed by atoms with E-state index in [0.29, 0.717) is 6.42 Å². The lowest BCUT2D eigenvalue weighted by Gasteiger charge is -2.42. The van der Waals surface area contributed by atoms with Crippen molar-refractivity contribution in [2.24, 2.45) is 0 Å². The van der Waals surface area contributed by atoms with Gasteiger partial charge in [-0.3, -0.25) is 0 Å². The van der Waals surface area contributed by atoms with Crippen LogP contribution in [0.3, 0.4) is 0 Å². The summed E-state index contributed by atoms with van der Waals surface area (Å²) in [6.07, 6.45) is 7.11. The Morgan fingerprint density at radius 3 is 1.65 bits per heavy atom. The number of carbonyl (C=O) groups is 1. The van der Waals surface area contributed by atoms with E-state index in [9.17, 15) is 4.79 Å². The van der Waals surface area contributed by atoms with Crippen molar-refractivity contribution in [2.45, 2.75) is 77.1 Å². The van der Waals surface area contributed by atoms with Gasteiger partial charge in [-0.15, -0.1) is 0 Å². The highest BCUT2D eigenvalue weighted by atomic mass is 28.3. The van der Waals surface area contributed by atoms with Gasteiger partial charge in [-0.05, 0) is 12.5 Å². The summed E-state index contributed by atoms with van der Waals surface area (Å²) in [5, 5.41) is 0. The highest BCUT2D eigenvalue weighted by Crippen LogP contribution is 2.44. The molecule has 0 N–H and O–H groups in total. The predicted molar refractivity (Wildman–Crippen MR) is 80.3 cm³/mol. The van der Waals surface area contributed by atoms with Gasteiger partial charge in [0.15, 0.2) is 0 Å². The van der Waals surface area contributed by atoms with Gasteiger partial charge in [0.1, 0.15) is 6.29 Å². The normalized spacial score (nSPS) is 13.2. The lowest BCUT2D eigenvalue weighted by Crippen LogP contribution is -2.43. The lowest BCUT2D eigenvalue weighted by molar-refractivity contribution is -0.107. The van der Waals surface area contributed by atoms with Gasteiger partial charge in [-0.25, -0.2) is 0 Å². The number of allylic oxidation sites excluding steroid dienone is 2. The Balaban J connectivity index is 4.69. The van der Waals surface area contributed by atoms with Gasteiger partial charge in [-0.2, -0.15) is 0 Å². The van der Waals surface area contributed by atoms with E-state index >= 15 is 0 Å². The number of hydrogen-bond acceptors (Lipinski definition) is 1. The second-order valence-corrected chi connectivity index (χ2v) is 12.1. The fraction of sp³-hybridized carbons (Fsp3) is 0.800. The number of carbonyl (C=O) groups excluding carboxylic acids is 1. The maximum Gasteiger partial charge on any atom is 0.120 e. The molecule has 0 unspecified atom stereocenters. The molecule has 0 aromatic carbocycles. The molecule has 100 valence electrons. The van der Waals surface area contributed by atoms with Gasteiger partial charge in [0.25, 0.3) is 0 Å². The minimum absolute atomic E-state index is 0.663. The summed E-state index contributed by atoms with van der Waals surface area (Å²) in [6, 6.07) is 1.26. The Morgan fingerprint density at radius 1 is 0.824 bits per heavy atom. The quantitative estimate of drug-likeness (QED) is 0.252. The van der Waals surface area contributed by atoms with Crippen LogP contribution in [0.2, 0.25) is 22.7 Å². The molecule has 0 atom stereocenters. The molecule has 0 aromatic rings. The maximum absolute atomic E-state index is 10.3. The van der Waals surface area contributed by atoms with Gasteiger partial charge in [-0.1, -0.05) is 70.3 Å². The van der Waals surface area contributed by atoms with Crippen molar-refractivity contribution in [2.75, 3.05) is 0 Å². The average Bonchev–Trinajstić information content (AvgIpc) is 2.21. The molecule has 0 radical (unpaired) electrons. The fourth-order valence-electron chi connectivity index (χ4n) is 3.28. The monoisotopic (exact) mass is 254 g/mol. The molecule has 0 amide bonds. The lowest BCUT2D eigenvalue weighted by atomic mass is 10.3. The molecule has 17 heavy (non-hydrogen) atoms. The standard InChI is InChI=1S/C15H30OSi/c1-13(2)17(14(3)4,15(5)6)12-10-8-7-9-11-16/h8,10-11,13-15H,7,9,12H2,1-6H3/b10-8+. The number of hydrogen-bond donors (Lipinski definition) is 0. The third kappa shape index (κ3) is 4.42. The molecule has 0 saturated heterocycles. The Morgan fingerprint density at radius 2 is 1.29 bits per heavy atom. The van der Waals surface area contributed by atoms with Crippen LogP contribution in [0.1, 0.15) is 54.4 Å². The van der Waals surface area contributed by atoms with Crippen LogP contribution in [0.15, 0.2) is 12.2 Å². The summed E-state index contributed by atoms with van der Waals surface area (Å²) >= 11 is 0. The molecule has 2 heteroatoms. The number of unbranched alkanes of at least 4 members (excludes halogenated alkanes) is 1. The summed E-state index contributed by atoms with van der Waals surface area (Å²) in [7, 11) is -1.26. The first-order valence-corrected chi connectivity index (χ1v) is 9.42. The van der Waals surface area contributed by atoms with Crippen LogP contribution >= 0.6 is 0 Å². The third-order valence-electron chi connectivity index (χ3n) is 4.31. The van der Waals surface area contributed by atoms with Crippen molar-refractivity contribution in [1.82, 2.24) is 0 Å². The van der Waals surface area contributed by atoms with E-state index in [1.54, 1.807) is 0 Å². The van der Waals surface area contributed by atoms with E-state index in [-0.39, 0.29) is 0 Å². The fourth-order valence-corrected chi connectivity index (χ4v) is 9.27. The van der Waals surface area contributed by atoms with Crippen LogP contribution in [0.5, 0.6) is 0 Å². The molecule has 0 aliphatic rings. The Kier molecular flexibility index (Phi) is 7.69. The van der Waals surface area contributed by atoms with Crippen molar-refractivity contribution in [1.29, 1.82) is 0 Å². The van der Waals surface area contributed by atoms with Crippen LogP contribution in [-0.4, -0.2) is 14.4 Å². The zero-order chi connectivity index (χ0) is 13.5. The second-order valence-electron chi connectivity index (χ2n) is 6.00. The van der Waals surface area contributed by atoms with Gasteiger partial charge in [0.2, 0.25) is 0 Å². The van der Waals surface area contributed by atoms with Crippen LogP contribution in [-0.2, 0) is 4.79 Å².